The fraction of sp³-hybridized carbons (Fsp3) is 0.373. The minimum atomic E-state index is -2.10. The first-order valence-electron chi connectivity index (χ1n) is 21.7. The Labute approximate surface area is 383 Å². The topological polar surface area (TPSA) is 223 Å². The van der Waals surface area contributed by atoms with E-state index in [9.17, 15) is 39.9 Å². The summed E-state index contributed by atoms with van der Waals surface area (Å²) in [5.41, 5.74) is 0.756. The summed E-state index contributed by atoms with van der Waals surface area (Å²) in [5, 5.41) is 65.3. The van der Waals surface area contributed by atoms with E-state index in [1.165, 1.54) is 53.2 Å². The molecule has 0 radical (unpaired) electrons. The van der Waals surface area contributed by atoms with E-state index in [-0.39, 0.29) is 44.5 Å². The average molecular weight is 907 g/mol. The molecule has 0 spiro atoms. The number of fused-ring (bicyclic) bond motifs is 14. The van der Waals surface area contributed by atoms with Crippen molar-refractivity contribution in [3.63, 3.8) is 0 Å². The average Bonchev–Trinajstić information content (AvgIpc) is 3.57. The number of ether oxygens (including phenoxy) is 4. The van der Waals surface area contributed by atoms with Gasteiger partial charge in [0.25, 0.3) is 11.7 Å². The van der Waals surface area contributed by atoms with Gasteiger partial charge >= 0.3 is 11.8 Å². The number of nitrogens with zero attached hydrogens (tertiary/aromatic N) is 1. The summed E-state index contributed by atoms with van der Waals surface area (Å²) in [4.78, 5) is 47.0. The molecule has 66 heavy (non-hydrogen) atoms. The summed E-state index contributed by atoms with van der Waals surface area (Å²) in [6.07, 6.45) is 3.74. The first kappa shape index (κ1) is 48.8. The Morgan fingerprint density at radius 2 is 1.47 bits per heavy atom. The molecule has 0 aliphatic carbocycles. The van der Waals surface area contributed by atoms with Gasteiger partial charge in [0.2, 0.25) is 0 Å². The molecular weight excluding hydrogens is 849 g/mol. The lowest BCUT2D eigenvalue weighted by atomic mass is 9.78. The molecule has 7 rings (SSSR count). The van der Waals surface area contributed by atoms with Crippen LogP contribution in [0.5, 0.6) is 23.0 Å². The summed E-state index contributed by atoms with van der Waals surface area (Å²) < 4.78 is 23.7. The van der Waals surface area contributed by atoms with Crippen molar-refractivity contribution in [2.24, 2.45) is 28.8 Å². The minimum absolute atomic E-state index is 0.0184. The van der Waals surface area contributed by atoms with Crippen molar-refractivity contribution in [2.45, 2.75) is 91.7 Å². The largest absolute Gasteiger partial charge is 0.507 e. The van der Waals surface area contributed by atoms with Crippen LogP contribution in [0.2, 0.25) is 0 Å². The first-order valence-corrected chi connectivity index (χ1v) is 21.7. The Kier molecular flexibility index (Phi) is 14.9. The molecule has 4 aromatic rings. The molecule has 1 amide bonds. The fourth-order valence-corrected chi connectivity index (χ4v) is 8.59. The maximum atomic E-state index is 14.6. The highest BCUT2D eigenvalue weighted by atomic mass is 16.7. The monoisotopic (exact) mass is 906 g/mol. The Balaban J connectivity index is 1.53. The number of phenols is 3. The van der Waals surface area contributed by atoms with Gasteiger partial charge in [-0.1, -0.05) is 112 Å². The molecule has 6 N–H and O–H groups in total. The molecule has 4 aromatic carbocycles. The summed E-state index contributed by atoms with van der Waals surface area (Å²) in [6, 6.07) is 18.5. The third-order valence-electron chi connectivity index (χ3n) is 12.6. The number of allylic oxidation sites excluding steroid dienone is 2. The van der Waals surface area contributed by atoms with Crippen LogP contribution in [0.1, 0.15) is 87.2 Å². The van der Waals surface area contributed by atoms with Crippen molar-refractivity contribution in [3.8, 4) is 23.0 Å². The lowest BCUT2D eigenvalue weighted by molar-refractivity contribution is -0.160. The summed E-state index contributed by atoms with van der Waals surface area (Å²) in [5.74, 6) is -8.88. The number of aromatic hydroxyl groups is 3. The molecule has 350 valence electrons. The van der Waals surface area contributed by atoms with Crippen molar-refractivity contribution in [1.82, 2.24) is 0 Å². The quantitative estimate of drug-likeness (QED) is 0.0342. The van der Waals surface area contributed by atoms with Crippen LogP contribution in [0.3, 0.4) is 0 Å². The number of hydrogen-bond acceptors (Lipinski definition) is 14. The maximum absolute atomic E-state index is 14.6. The number of aliphatic hydroxyl groups excluding tert-OH is 2. The molecule has 0 fully saturated rings. The zero-order valence-electron chi connectivity index (χ0n) is 38.4. The Morgan fingerprint density at radius 1 is 0.848 bits per heavy atom. The number of rotatable bonds is 7. The van der Waals surface area contributed by atoms with Gasteiger partial charge in [-0.3, -0.25) is 14.4 Å². The smallest absolute Gasteiger partial charge is 0.312 e. The second-order valence-electron chi connectivity index (χ2n) is 17.2. The molecule has 0 saturated heterocycles. The number of methoxy groups -OCH3 is 1. The highest BCUT2D eigenvalue weighted by molar-refractivity contribution is 6.23. The van der Waals surface area contributed by atoms with Crippen molar-refractivity contribution < 1.29 is 63.7 Å². The molecular formula is C51H58N2O13. The van der Waals surface area contributed by atoms with Crippen LogP contribution in [0.25, 0.3) is 10.8 Å². The number of esters is 1. The van der Waals surface area contributed by atoms with E-state index >= 15 is 0 Å². The molecule has 3 aliphatic heterocycles. The van der Waals surface area contributed by atoms with Gasteiger partial charge in [-0.05, 0) is 31.1 Å². The van der Waals surface area contributed by atoms with Crippen LogP contribution in [0.15, 0.2) is 102 Å². The number of nitrogens with one attached hydrogen (secondary N) is 1. The molecule has 15 heteroatoms. The summed E-state index contributed by atoms with van der Waals surface area (Å²) >= 11 is 0. The van der Waals surface area contributed by atoms with E-state index in [1.54, 1.807) is 39.8 Å². The molecule has 9 atom stereocenters. The first-order chi connectivity index (χ1) is 31.3. The van der Waals surface area contributed by atoms with Gasteiger partial charge in [-0.2, -0.15) is 0 Å². The van der Waals surface area contributed by atoms with Crippen LogP contribution in [0.4, 0.5) is 5.69 Å². The van der Waals surface area contributed by atoms with Gasteiger partial charge in [-0.15, -0.1) is 0 Å². The number of oxime groups is 1. The second-order valence-corrected chi connectivity index (χ2v) is 17.2. The number of aliphatic hydroxyl groups is 2. The molecule has 3 heterocycles. The molecule has 0 saturated carbocycles. The SMILES string of the molecule is CO[C@@H]1C=CO[C@@]2(C)Oc3c(C)c(O)c4c(O)c(c(C=NOC(c5ccccc5)c5ccccc5)c(O)c4c3C2=O)NC(=O)C(C)=CC=C[C@H](C)[C@H](O)[C@H](C)[C@H](O)[C@H](C)[C@H](OC(C)=O)[C@@H]1C. The van der Waals surface area contributed by atoms with Crippen LogP contribution >= 0.6 is 0 Å². The van der Waals surface area contributed by atoms with Gasteiger partial charge in [0.05, 0.1) is 53.0 Å². The van der Waals surface area contributed by atoms with Gasteiger partial charge in [0.15, 0.2) is 11.9 Å². The normalized spacial score (nSPS) is 26.3. The lowest BCUT2D eigenvalue weighted by Crippen LogP contribution is -2.46. The van der Waals surface area contributed by atoms with E-state index in [2.05, 4.69) is 10.5 Å². The molecule has 5 bridgehead atoms. The molecule has 0 unspecified atom stereocenters. The number of benzene rings is 4. The van der Waals surface area contributed by atoms with Gasteiger partial charge in [0, 0.05) is 61.2 Å². The van der Waals surface area contributed by atoms with Crippen LogP contribution in [-0.2, 0) is 28.6 Å². The second kappa shape index (κ2) is 20.2. The van der Waals surface area contributed by atoms with Gasteiger partial charge in [-0.25, -0.2) is 0 Å². The predicted octanol–water partition coefficient (Wildman–Crippen LogP) is 7.89. The standard InChI is InChI=1S/C51H58N2O13/c1-26-17-16-18-27(2)50(61)53-40-35(25-52-66-48(33-19-12-10-13-20-33)34-21-14-11-15-22-34)44(58)37-38(45(40)59)43(57)31(6)47-39(37)49(60)51(8,65-47)63-24-23-36(62-9)28(3)46(64-32(7)54)30(5)42(56)29(4)41(26)55/h10-26,28-30,36,41-42,46,48,55-59H,1-9H3,(H,53,61)/t26-,28+,29-,30-,36+,41-,42-,46+,51-/m0/s1. The van der Waals surface area contributed by atoms with E-state index in [1.807, 2.05) is 60.7 Å². The van der Waals surface area contributed by atoms with E-state index < -0.39 is 94.9 Å². The zero-order valence-corrected chi connectivity index (χ0v) is 38.4. The minimum Gasteiger partial charge on any atom is -0.507 e. The molecule has 15 nitrogen and oxygen atoms in total. The van der Waals surface area contributed by atoms with Crippen LogP contribution in [0, 0.1) is 30.6 Å². The van der Waals surface area contributed by atoms with E-state index in [4.69, 9.17) is 23.8 Å². The number of hydrogen-bond donors (Lipinski definition) is 6. The number of ketones is 1. The number of carbonyl (C=O) groups is 3. The van der Waals surface area contributed by atoms with Gasteiger partial charge in [0.1, 0.15) is 23.4 Å². The van der Waals surface area contributed by atoms with Crippen molar-refractivity contribution >= 4 is 40.3 Å². The van der Waals surface area contributed by atoms with Crippen molar-refractivity contribution in [3.05, 3.63) is 125 Å². The molecule has 3 aliphatic rings. The lowest BCUT2D eigenvalue weighted by Gasteiger charge is -2.38. The summed E-state index contributed by atoms with van der Waals surface area (Å²) in [7, 11) is 1.43. The highest BCUT2D eigenvalue weighted by Crippen LogP contribution is 2.55. The van der Waals surface area contributed by atoms with Crippen LogP contribution < -0.4 is 10.1 Å². The highest BCUT2D eigenvalue weighted by Gasteiger charge is 2.50. The molecule has 0 aromatic heterocycles. The zero-order chi connectivity index (χ0) is 48.2. The third kappa shape index (κ3) is 9.64. The number of amides is 1. The fourth-order valence-electron chi connectivity index (χ4n) is 8.59. The predicted molar refractivity (Wildman–Crippen MR) is 247 cm³/mol. The Morgan fingerprint density at radius 3 is 2.06 bits per heavy atom. The number of carbonyl (C=O) groups excluding carboxylic acids is 3. The van der Waals surface area contributed by atoms with E-state index in [0.29, 0.717) is 0 Å². The summed E-state index contributed by atoms with van der Waals surface area (Å²) in [6.45, 7) is 12.4. The van der Waals surface area contributed by atoms with E-state index in [0.717, 1.165) is 17.3 Å². The number of anilines is 1. The maximum Gasteiger partial charge on any atom is 0.312 e. The Bertz CT molecular complexity index is 2530. The third-order valence-corrected chi connectivity index (χ3v) is 12.6. The van der Waals surface area contributed by atoms with Crippen LogP contribution in [-0.4, -0.2) is 86.7 Å². The number of phenolic OH excluding ortho intramolecular Hbond substituents is 3. The number of Topliss-reactive ketones (excluding diaryl/α,β-unsaturated/α-hetero) is 1. The Hall–Kier alpha value is -6.68. The van der Waals surface area contributed by atoms with Gasteiger partial charge < -0.3 is 54.6 Å². The van der Waals surface area contributed by atoms with Crippen molar-refractivity contribution in [1.29, 1.82) is 0 Å². The van der Waals surface area contributed by atoms with Crippen molar-refractivity contribution in [2.75, 3.05) is 12.4 Å².